The Kier molecular flexibility index (Phi) is 6.89. The van der Waals surface area contributed by atoms with Gasteiger partial charge < -0.3 is 10.6 Å². The van der Waals surface area contributed by atoms with Gasteiger partial charge in [0.1, 0.15) is 0 Å². The molecule has 2 aromatic carbocycles. The minimum Gasteiger partial charge on any atom is -0.358 e. The van der Waals surface area contributed by atoms with Gasteiger partial charge in [-0.3, -0.25) is 9.59 Å². The lowest BCUT2D eigenvalue weighted by Crippen LogP contribution is -2.32. The average Bonchev–Trinajstić information content (AvgIpc) is 2.68. The van der Waals surface area contributed by atoms with E-state index < -0.39 is 52.6 Å². The Bertz CT molecular complexity index is 884. The van der Waals surface area contributed by atoms with Crippen molar-refractivity contribution in [1.29, 1.82) is 0 Å². The second kappa shape index (κ2) is 8.97. The molecule has 0 aliphatic rings. The van der Waals surface area contributed by atoms with Crippen molar-refractivity contribution in [3.05, 3.63) is 65.0 Å². The van der Waals surface area contributed by atoms with E-state index in [9.17, 15) is 35.9 Å². The van der Waals surface area contributed by atoms with Gasteiger partial charge >= 0.3 is 6.18 Å². The number of amides is 2. The highest BCUT2D eigenvalue weighted by atomic mass is 19.4. The number of alkyl halides is 3. The van der Waals surface area contributed by atoms with Crippen LogP contribution >= 0.6 is 0 Å². The van der Waals surface area contributed by atoms with E-state index in [1.54, 1.807) is 0 Å². The standard InChI is InChI=1S/C19H16F6N2O2/c1-10(18(29)27-15-7-6-14(20)16(21)17(15)22)13(8-26-9-28)11-2-4-12(5-3-11)19(23,24)25/h2-7,9-10,13H,8H2,1H3,(H,26,28)(H,27,29). The molecule has 0 saturated carbocycles. The van der Waals surface area contributed by atoms with Crippen LogP contribution in [-0.4, -0.2) is 18.9 Å². The van der Waals surface area contributed by atoms with Crippen LogP contribution in [0.4, 0.5) is 32.0 Å². The highest BCUT2D eigenvalue weighted by Crippen LogP contribution is 2.32. The summed E-state index contributed by atoms with van der Waals surface area (Å²) in [5.41, 5.74) is -1.15. The Balaban J connectivity index is 2.26. The summed E-state index contributed by atoms with van der Waals surface area (Å²) in [4.78, 5) is 23.1. The molecule has 0 aromatic heterocycles. The molecule has 0 saturated heterocycles. The Hall–Kier alpha value is -3.04. The van der Waals surface area contributed by atoms with Gasteiger partial charge in [-0.25, -0.2) is 13.2 Å². The maximum absolute atomic E-state index is 13.8. The number of nitrogens with one attached hydrogen (secondary N) is 2. The van der Waals surface area contributed by atoms with Crippen molar-refractivity contribution in [2.45, 2.75) is 19.0 Å². The van der Waals surface area contributed by atoms with Crippen LogP contribution in [0.25, 0.3) is 0 Å². The molecule has 4 nitrogen and oxygen atoms in total. The first kappa shape index (κ1) is 22.3. The Morgan fingerprint density at radius 3 is 2.21 bits per heavy atom. The molecule has 2 atom stereocenters. The summed E-state index contributed by atoms with van der Waals surface area (Å²) in [7, 11) is 0. The summed E-state index contributed by atoms with van der Waals surface area (Å²) in [6.45, 7) is 1.31. The number of benzene rings is 2. The third-order valence-electron chi connectivity index (χ3n) is 4.40. The van der Waals surface area contributed by atoms with Gasteiger partial charge in [0.05, 0.1) is 11.3 Å². The van der Waals surface area contributed by atoms with Gasteiger partial charge in [0.15, 0.2) is 17.5 Å². The minimum absolute atomic E-state index is 0.0935. The molecule has 156 valence electrons. The molecular formula is C19H16F6N2O2. The van der Waals surface area contributed by atoms with Crippen molar-refractivity contribution in [1.82, 2.24) is 5.32 Å². The maximum Gasteiger partial charge on any atom is 0.416 e. The lowest BCUT2D eigenvalue weighted by atomic mass is 9.86. The molecule has 0 aliphatic heterocycles. The lowest BCUT2D eigenvalue weighted by molar-refractivity contribution is -0.137. The third-order valence-corrected chi connectivity index (χ3v) is 4.40. The Labute approximate surface area is 161 Å². The molecular weight excluding hydrogens is 402 g/mol. The van der Waals surface area contributed by atoms with Crippen LogP contribution in [0.5, 0.6) is 0 Å². The minimum atomic E-state index is -4.54. The lowest BCUT2D eigenvalue weighted by Gasteiger charge is -2.24. The quantitative estimate of drug-likeness (QED) is 0.402. The molecule has 0 aliphatic carbocycles. The molecule has 0 heterocycles. The van der Waals surface area contributed by atoms with E-state index in [1.807, 2.05) is 0 Å². The molecule has 0 spiro atoms. The first-order chi connectivity index (χ1) is 13.6. The fourth-order valence-electron chi connectivity index (χ4n) is 2.73. The van der Waals surface area contributed by atoms with Gasteiger partial charge in [-0.15, -0.1) is 0 Å². The monoisotopic (exact) mass is 418 g/mol. The molecule has 2 amide bonds. The number of rotatable bonds is 7. The van der Waals surface area contributed by atoms with Crippen LogP contribution in [0.15, 0.2) is 36.4 Å². The molecule has 2 rings (SSSR count). The largest absolute Gasteiger partial charge is 0.416 e. The second-order valence-corrected chi connectivity index (χ2v) is 6.25. The summed E-state index contributed by atoms with van der Waals surface area (Å²) in [5, 5.41) is 4.48. The first-order valence-corrected chi connectivity index (χ1v) is 8.34. The van der Waals surface area contributed by atoms with Crippen molar-refractivity contribution in [3.8, 4) is 0 Å². The Morgan fingerprint density at radius 1 is 1.03 bits per heavy atom. The third kappa shape index (κ3) is 5.27. The van der Waals surface area contributed by atoms with Crippen molar-refractivity contribution in [3.63, 3.8) is 0 Å². The zero-order valence-corrected chi connectivity index (χ0v) is 15.0. The Morgan fingerprint density at radius 2 is 1.66 bits per heavy atom. The average molecular weight is 418 g/mol. The summed E-state index contributed by atoms with van der Waals surface area (Å²) in [6, 6.07) is 5.49. The molecule has 0 radical (unpaired) electrons. The molecule has 2 aromatic rings. The fourth-order valence-corrected chi connectivity index (χ4v) is 2.73. The summed E-state index contributed by atoms with van der Waals surface area (Å²) >= 11 is 0. The number of carbonyl (C=O) groups is 2. The van der Waals surface area contributed by atoms with Gasteiger partial charge in [0, 0.05) is 18.4 Å². The molecule has 10 heteroatoms. The number of hydrogen-bond donors (Lipinski definition) is 2. The molecule has 2 N–H and O–H groups in total. The van der Waals surface area contributed by atoms with Crippen LogP contribution in [-0.2, 0) is 15.8 Å². The van der Waals surface area contributed by atoms with Crippen molar-refractivity contribution < 1.29 is 35.9 Å². The van der Waals surface area contributed by atoms with Gasteiger partial charge in [0.25, 0.3) is 0 Å². The van der Waals surface area contributed by atoms with E-state index in [4.69, 9.17) is 0 Å². The van der Waals surface area contributed by atoms with Crippen LogP contribution < -0.4 is 10.6 Å². The first-order valence-electron chi connectivity index (χ1n) is 8.34. The van der Waals surface area contributed by atoms with Crippen molar-refractivity contribution in [2.24, 2.45) is 5.92 Å². The number of hydrogen-bond acceptors (Lipinski definition) is 2. The van der Waals surface area contributed by atoms with E-state index in [1.165, 1.54) is 19.1 Å². The van der Waals surface area contributed by atoms with Crippen LogP contribution in [0.3, 0.4) is 0 Å². The number of carbonyl (C=O) groups excluding carboxylic acids is 2. The van der Waals surface area contributed by atoms with E-state index in [-0.39, 0.29) is 6.54 Å². The predicted molar refractivity (Wildman–Crippen MR) is 92.4 cm³/mol. The second-order valence-electron chi connectivity index (χ2n) is 6.25. The van der Waals surface area contributed by atoms with E-state index in [2.05, 4.69) is 10.6 Å². The van der Waals surface area contributed by atoms with Crippen molar-refractivity contribution >= 4 is 18.0 Å². The zero-order valence-electron chi connectivity index (χ0n) is 15.0. The van der Waals surface area contributed by atoms with Crippen LogP contribution in [0.1, 0.15) is 24.0 Å². The van der Waals surface area contributed by atoms with Gasteiger partial charge in [-0.1, -0.05) is 19.1 Å². The zero-order chi connectivity index (χ0) is 21.8. The number of halogens is 6. The summed E-state index contributed by atoms with van der Waals surface area (Å²) in [6.07, 6.45) is -4.18. The molecule has 2 unspecified atom stereocenters. The van der Waals surface area contributed by atoms with Gasteiger partial charge in [0.2, 0.25) is 12.3 Å². The van der Waals surface area contributed by atoms with Crippen LogP contribution in [0.2, 0.25) is 0 Å². The number of anilines is 1. The molecule has 0 fully saturated rings. The maximum atomic E-state index is 13.8. The van der Waals surface area contributed by atoms with E-state index in [0.29, 0.717) is 18.0 Å². The van der Waals surface area contributed by atoms with Crippen molar-refractivity contribution in [2.75, 3.05) is 11.9 Å². The fraction of sp³-hybridized carbons (Fsp3) is 0.263. The predicted octanol–water partition coefficient (Wildman–Crippen LogP) is 4.23. The van der Waals surface area contributed by atoms with Gasteiger partial charge in [-0.05, 0) is 29.8 Å². The highest BCUT2D eigenvalue weighted by molar-refractivity contribution is 5.93. The smallest absolute Gasteiger partial charge is 0.358 e. The van der Waals surface area contributed by atoms with E-state index >= 15 is 0 Å². The summed E-state index contributed by atoms with van der Waals surface area (Å²) < 4.78 is 78.3. The highest BCUT2D eigenvalue weighted by Gasteiger charge is 2.31. The van der Waals surface area contributed by atoms with Gasteiger partial charge in [-0.2, -0.15) is 13.2 Å². The topological polar surface area (TPSA) is 58.2 Å². The van der Waals surface area contributed by atoms with E-state index in [0.717, 1.165) is 18.2 Å². The van der Waals surface area contributed by atoms with Crippen LogP contribution in [0, 0.1) is 23.4 Å². The SMILES string of the molecule is CC(C(=O)Nc1ccc(F)c(F)c1F)C(CNC=O)c1ccc(C(F)(F)F)cc1. The normalized spacial score (nSPS) is 13.5. The molecule has 29 heavy (non-hydrogen) atoms. The molecule has 0 bridgehead atoms. The summed E-state index contributed by atoms with van der Waals surface area (Å²) in [5.74, 6) is -7.29.